The second-order valence-electron chi connectivity index (χ2n) is 12.1. The Morgan fingerprint density at radius 2 is 1.74 bits per heavy atom. The van der Waals surface area contributed by atoms with Crippen LogP contribution in [-0.4, -0.2) is 39.5 Å². The molecule has 8 rings (SSSR count). The number of aromatic nitrogens is 1. The van der Waals surface area contributed by atoms with E-state index in [0.29, 0.717) is 34.1 Å². The van der Waals surface area contributed by atoms with Crippen LogP contribution in [0.1, 0.15) is 22.8 Å². The SMILES string of the molecule is O=C(COc1ccc(Cl)cc1[C@H]1c2sc(=O)[nH]c2SC2C1[C@H]1C[C@@H]2C2C(=O)N(c3ccc([N+](=O)[O-])cc3)C(=O)C21)Nc1ccccc1. The average molecular weight is 689 g/mol. The number of thioether (sulfide) groups is 1. The highest BCUT2D eigenvalue weighted by Crippen LogP contribution is 2.69. The van der Waals surface area contributed by atoms with Gasteiger partial charge in [0.25, 0.3) is 11.6 Å². The quantitative estimate of drug-likeness (QED) is 0.143. The van der Waals surface area contributed by atoms with E-state index in [1.807, 2.05) is 18.2 Å². The summed E-state index contributed by atoms with van der Waals surface area (Å²) in [5.74, 6) is -2.40. The van der Waals surface area contributed by atoms with E-state index in [9.17, 15) is 29.3 Å². The summed E-state index contributed by atoms with van der Waals surface area (Å²) < 4.78 is 6.12. The number of hydrogen-bond donors (Lipinski definition) is 2. The van der Waals surface area contributed by atoms with Crippen molar-refractivity contribution in [1.82, 2.24) is 4.98 Å². The van der Waals surface area contributed by atoms with Crippen LogP contribution >= 0.6 is 34.7 Å². The molecule has 3 heterocycles. The van der Waals surface area contributed by atoms with Gasteiger partial charge in [0.15, 0.2) is 6.61 Å². The van der Waals surface area contributed by atoms with Crippen molar-refractivity contribution in [3.8, 4) is 5.75 Å². The number of para-hydroxylation sites is 1. The highest BCUT2D eigenvalue weighted by atomic mass is 35.5. The standard InChI is InChI=1S/C33H25ClN4O7S2/c34-15-6-11-22(45-14-23(39)35-16-4-2-1-3-5-16)19(12-15)24-25-20-13-21(28(25)46-30-29(24)47-33(42)36-30)27-26(20)31(40)37(32(27)41)17-7-9-18(10-8-17)38(43)44/h1-12,20-21,24-28H,13-14H2,(H,35,39)(H,36,42)/t20-,21-,24-,25?,26?,27?,28?/m1/s1. The zero-order valence-electron chi connectivity index (χ0n) is 24.3. The lowest BCUT2D eigenvalue weighted by molar-refractivity contribution is -0.384. The monoisotopic (exact) mass is 688 g/mol. The van der Waals surface area contributed by atoms with Gasteiger partial charge in [0.1, 0.15) is 5.75 Å². The molecule has 3 aromatic carbocycles. The van der Waals surface area contributed by atoms with Crippen molar-refractivity contribution in [3.63, 3.8) is 0 Å². The first-order valence-corrected chi connectivity index (χ1v) is 17.1. The maximum Gasteiger partial charge on any atom is 0.305 e. The minimum absolute atomic E-state index is 0.0780. The molecule has 3 amide bonds. The highest BCUT2D eigenvalue weighted by Gasteiger charge is 2.70. The molecule has 2 aliphatic carbocycles. The van der Waals surface area contributed by atoms with E-state index < -0.39 is 16.8 Å². The number of imide groups is 1. The number of anilines is 2. The Balaban J connectivity index is 1.14. The van der Waals surface area contributed by atoms with Gasteiger partial charge in [-0.25, -0.2) is 0 Å². The molecule has 1 aromatic heterocycles. The molecular weight excluding hydrogens is 664 g/mol. The number of nitrogens with one attached hydrogen (secondary N) is 2. The van der Waals surface area contributed by atoms with Crippen LogP contribution in [0.15, 0.2) is 82.6 Å². The zero-order valence-corrected chi connectivity index (χ0v) is 26.7. The van der Waals surface area contributed by atoms with E-state index in [2.05, 4.69) is 10.3 Å². The second-order valence-corrected chi connectivity index (χ2v) is 14.8. The van der Waals surface area contributed by atoms with Crippen molar-refractivity contribution in [1.29, 1.82) is 0 Å². The van der Waals surface area contributed by atoms with Gasteiger partial charge in [-0.05, 0) is 66.6 Å². The molecule has 7 atom stereocenters. The number of aromatic amines is 1. The number of H-pyrrole nitrogens is 1. The number of thiazole rings is 1. The highest BCUT2D eigenvalue weighted by molar-refractivity contribution is 8.00. The van der Waals surface area contributed by atoms with Gasteiger partial charge in [0.05, 0.1) is 27.5 Å². The van der Waals surface area contributed by atoms with Crippen LogP contribution in [0, 0.1) is 39.7 Å². The van der Waals surface area contributed by atoms with Crippen molar-refractivity contribution in [2.24, 2.45) is 29.6 Å². The minimum Gasteiger partial charge on any atom is -0.483 e. The fraction of sp³-hybridized carbons (Fsp3) is 0.273. The predicted molar refractivity (Wildman–Crippen MR) is 176 cm³/mol. The molecule has 2 aliphatic heterocycles. The summed E-state index contributed by atoms with van der Waals surface area (Å²) in [6.45, 7) is -0.261. The van der Waals surface area contributed by atoms with E-state index in [1.54, 1.807) is 42.1 Å². The maximum absolute atomic E-state index is 14.0. The Labute approximate surface area is 280 Å². The van der Waals surface area contributed by atoms with Gasteiger partial charge in [0.2, 0.25) is 11.8 Å². The smallest absolute Gasteiger partial charge is 0.305 e. The van der Waals surface area contributed by atoms with E-state index in [0.717, 1.165) is 21.2 Å². The fourth-order valence-corrected chi connectivity index (χ4v) is 11.2. The topological polar surface area (TPSA) is 152 Å². The molecule has 4 aromatic rings. The van der Waals surface area contributed by atoms with Crippen molar-refractivity contribution in [2.75, 3.05) is 16.8 Å². The second kappa shape index (κ2) is 11.4. The third-order valence-corrected chi connectivity index (χ3v) is 12.6. The number of rotatable bonds is 7. The first-order chi connectivity index (χ1) is 22.7. The number of fused-ring (bicyclic) bond motifs is 9. The summed E-state index contributed by atoms with van der Waals surface area (Å²) in [7, 11) is 0. The Hall–Kier alpha value is -4.46. The number of carbonyl (C=O) groups excluding carboxylic acids is 3. The molecule has 1 saturated heterocycles. The van der Waals surface area contributed by atoms with Crippen LogP contribution in [-0.2, 0) is 14.4 Å². The Bertz CT molecular complexity index is 2020. The lowest BCUT2D eigenvalue weighted by Gasteiger charge is -2.43. The lowest BCUT2D eigenvalue weighted by Crippen LogP contribution is -2.42. The molecule has 11 nitrogen and oxygen atoms in total. The summed E-state index contributed by atoms with van der Waals surface area (Å²) in [5.41, 5.74) is 1.54. The van der Waals surface area contributed by atoms with Gasteiger partial charge in [-0.15, -0.1) is 11.8 Å². The third-order valence-electron chi connectivity index (χ3n) is 9.77. The Morgan fingerprint density at radius 3 is 2.47 bits per heavy atom. The summed E-state index contributed by atoms with van der Waals surface area (Å²) >= 11 is 9.22. The molecule has 3 fully saturated rings. The first kappa shape index (κ1) is 29.9. The fourth-order valence-electron chi connectivity index (χ4n) is 8.10. The summed E-state index contributed by atoms with van der Waals surface area (Å²) in [6.07, 6.45) is 0.676. The van der Waals surface area contributed by atoms with E-state index >= 15 is 0 Å². The van der Waals surface area contributed by atoms with Crippen LogP contribution in [0.2, 0.25) is 5.02 Å². The largest absolute Gasteiger partial charge is 0.483 e. The van der Waals surface area contributed by atoms with Gasteiger partial charge in [-0.1, -0.05) is 41.1 Å². The number of nitro groups is 1. The molecule has 2 saturated carbocycles. The molecule has 4 unspecified atom stereocenters. The molecule has 14 heteroatoms. The summed E-state index contributed by atoms with van der Waals surface area (Å²) in [6, 6.07) is 19.7. The predicted octanol–water partition coefficient (Wildman–Crippen LogP) is 5.69. The van der Waals surface area contributed by atoms with Gasteiger partial charge in [-0.2, -0.15) is 0 Å². The van der Waals surface area contributed by atoms with Crippen LogP contribution in [0.4, 0.5) is 17.1 Å². The number of non-ortho nitro benzene ring substituents is 1. The molecule has 0 spiro atoms. The summed E-state index contributed by atoms with van der Waals surface area (Å²) in [5, 5.41) is 15.1. The van der Waals surface area contributed by atoms with Crippen LogP contribution in [0.5, 0.6) is 5.75 Å². The van der Waals surface area contributed by atoms with Crippen molar-refractivity contribution in [3.05, 3.63) is 108 Å². The first-order valence-electron chi connectivity index (χ1n) is 15.0. The molecule has 2 N–H and O–H groups in total. The third kappa shape index (κ3) is 4.86. The van der Waals surface area contributed by atoms with Gasteiger partial charge in [0, 0.05) is 44.5 Å². The molecular formula is C33H25ClN4O7S2. The number of nitro benzene ring substituents is 1. The molecule has 2 bridgehead atoms. The maximum atomic E-state index is 14.0. The van der Waals surface area contributed by atoms with Crippen molar-refractivity contribution in [2.45, 2.75) is 22.6 Å². The van der Waals surface area contributed by atoms with Crippen LogP contribution in [0.3, 0.4) is 0 Å². The minimum atomic E-state index is -0.565. The number of amides is 3. The number of ether oxygens (including phenoxy) is 1. The Kier molecular flexibility index (Phi) is 7.23. The van der Waals surface area contributed by atoms with Gasteiger partial charge in [-0.3, -0.25) is 34.2 Å². The summed E-state index contributed by atoms with van der Waals surface area (Å²) in [4.78, 5) is 68.9. The van der Waals surface area contributed by atoms with Crippen molar-refractivity contribution >= 4 is 69.5 Å². The lowest BCUT2D eigenvalue weighted by atomic mass is 9.68. The van der Waals surface area contributed by atoms with Crippen LogP contribution in [0.25, 0.3) is 0 Å². The zero-order chi connectivity index (χ0) is 32.6. The van der Waals surface area contributed by atoms with Gasteiger partial charge < -0.3 is 15.0 Å². The van der Waals surface area contributed by atoms with E-state index in [1.165, 1.54) is 29.2 Å². The molecule has 4 aliphatic rings. The molecule has 47 heavy (non-hydrogen) atoms. The molecule has 0 radical (unpaired) electrons. The number of benzene rings is 3. The van der Waals surface area contributed by atoms with Gasteiger partial charge >= 0.3 is 4.87 Å². The number of nitrogens with zero attached hydrogens (tertiary/aromatic N) is 2. The number of halogens is 1. The number of hydrogen-bond acceptors (Lipinski definition) is 9. The number of carbonyl (C=O) groups is 3. The Morgan fingerprint density at radius 1 is 1.02 bits per heavy atom. The van der Waals surface area contributed by atoms with E-state index in [-0.39, 0.29) is 63.8 Å². The average Bonchev–Trinajstić information content (AvgIpc) is 3.79. The van der Waals surface area contributed by atoms with E-state index in [4.69, 9.17) is 16.3 Å². The van der Waals surface area contributed by atoms with Crippen LogP contribution < -0.4 is 19.8 Å². The van der Waals surface area contributed by atoms with Crippen molar-refractivity contribution < 1.29 is 24.0 Å². The molecule has 238 valence electrons. The normalized spacial score (nSPS) is 26.9.